The standard InChI is InChI=1S/C19H23ClN4O2S/c1-13-6-8-24(9-7-13)11-16-12-27-19(22-16)23-17(25)10-21-18(26)14-2-4-15(20)5-3-14/h2-5,12-13H,6-11H2,1H3,(H,21,26)(H,22,23,25). The predicted molar refractivity (Wildman–Crippen MR) is 108 cm³/mol. The van der Waals surface area contributed by atoms with Gasteiger partial charge in [0.05, 0.1) is 12.2 Å². The van der Waals surface area contributed by atoms with Crippen molar-refractivity contribution in [1.82, 2.24) is 15.2 Å². The van der Waals surface area contributed by atoms with Gasteiger partial charge in [0.2, 0.25) is 5.91 Å². The third-order valence-electron chi connectivity index (χ3n) is 4.58. The number of carbonyl (C=O) groups excluding carboxylic acids is 2. The highest BCUT2D eigenvalue weighted by Gasteiger charge is 2.17. The number of amides is 2. The van der Waals surface area contributed by atoms with Crippen molar-refractivity contribution in [1.29, 1.82) is 0 Å². The highest BCUT2D eigenvalue weighted by Crippen LogP contribution is 2.20. The lowest BCUT2D eigenvalue weighted by Gasteiger charge is -2.29. The Morgan fingerprint density at radius 1 is 1.26 bits per heavy atom. The molecule has 2 aromatic rings. The molecule has 1 aliphatic rings. The number of rotatable bonds is 6. The summed E-state index contributed by atoms with van der Waals surface area (Å²) in [5.41, 5.74) is 1.43. The molecule has 0 atom stereocenters. The van der Waals surface area contributed by atoms with Gasteiger partial charge in [-0.3, -0.25) is 14.5 Å². The summed E-state index contributed by atoms with van der Waals surface area (Å²) in [4.78, 5) is 30.9. The summed E-state index contributed by atoms with van der Waals surface area (Å²) in [6, 6.07) is 6.50. The first kappa shape index (κ1) is 19.8. The van der Waals surface area contributed by atoms with Gasteiger partial charge in [-0.25, -0.2) is 4.98 Å². The van der Waals surface area contributed by atoms with E-state index >= 15 is 0 Å². The minimum Gasteiger partial charge on any atom is -0.343 e. The zero-order valence-electron chi connectivity index (χ0n) is 15.2. The SMILES string of the molecule is CC1CCN(Cc2csc(NC(=O)CNC(=O)c3ccc(Cl)cc3)n2)CC1. The number of halogens is 1. The van der Waals surface area contributed by atoms with Crippen molar-refractivity contribution in [3.63, 3.8) is 0 Å². The molecule has 6 nitrogen and oxygen atoms in total. The van der Waals surface area contributed by atoms with E-state index in [1.807, 2.05) is 5.38 Å². The van der Waals surface area contributed by atoms with E-state index in [4.69, 9.17) is 11.6 Å². The molecule has 1 aromatic carbocycles. The van der Waals surface area contributed by atoms with E-state index in [2.05, 4.69) is 27.4 Å². The molecule has 1 saturated heterocycles. The van der Waals surface area contributed by atoms with Crippen molar-refractivity contribution in [2.24, 2.45) is 5.92 Å². The maximum absolute atomic E-state index is 12.0. The largest absolute Gasteiger partial charge is 0.343 e. The summed E-state index contributed by atoms with van der Waals surface area (Å²) in [6.45, 7) is 5.18. The maximum atomic E-state index is 12.0. The third-order valence-corrected chi connectivity index (χ3v) is 5.63. The molecule has 1 aromatic heterocycles. The van der Waals surface area contributed by atoms with Crippen molar-refractivity contribution in [3.8, 4) is 0 Å². The van der Waals surface area contributed by atoms with Crippen molar-refractivity contribution in [2.45, 2.75) is 26.3 Å². The fraction of sp³-hybridized carbons (Fsp3) is 0.421. The summed E-state index contributed by atoms with van der Waals surface area (Å²) in [6.07, 6.45) is 2.45. The van der Waals surface area contributed by atoms with E-state index in [-0.39, 0.29) is 18.4 Å². The number of anilines is 1. The smallest absolute Gasteiger partial charge is 0.251 e. The normalized spacial score (nSPS) is 15.5. The molecule has 27 heavy (non-hydrogen) atoms. The van der Waals surface area contributed by atoms with Gasteiger partial charge >= 0.3 is 0 Å². The summed E-state index contributed by atoms with van der Waals surface area (Å²) in [7, 11) is 0. The van der Waals surface area contributed by atoms with Crippen LogP contribution < -0.4 is 10.6 Å². The zero-order valence-corrected chi connectivity index (χ0v) is 16.8. The molecular weight excluding hydrogens is 384 g/mol. The van der Waals surface area contributed by atoms with E-state index in [1.165, 1.54) is 24.2 Å². The third kappa shape index (κ3) is 6.02. The lowest BCUT2D eigenvalue weighted by Crippen LogP contribution is -2.33. The van der Waals surface area contributed by atoms with Gasteiger partial charge in [-0.2, -0.15) is 0 Å². The van der Waals surface area contributed by atoms with Crippen LogP contribution in [-0.4, -0.2) is 41.3 Å². The number of hydrogen-bond donors (Lipinski definition) is 2. The number of aromatic nitrogens is 1. The van der Waals surface area contributed by atoms with Crippen LogP contribution in [0.25, 0.3) is 0 Å². The average Bonchev–Trinajstić information content (AvgIpc) is 3.09. The van der Waals surface area contributed by atoms with Crippen molar-refractivity contribution >= 4 is 39.9 Å². The summed E-state index contributed by atoms with van der Waals surface area (Å²) in [5, 5.41) is 8.41. The molecule has 144 valence electrons. The molecule has 2 heterocycles. The Hall–Kier alpha value is -1.96. The van der Waals surface area contributed by atoms with Crippen molar-refractivity contribution < 1.29 is 9.59 Å². The van der Waals surface area contributed by atoms with E-state index < -0.39 is 0 Å². The Labute approximate surface area is 167 Å². The highest BCUT2D eigenvalue weighted by molar-refractivity contribution is 7.13. The van der Waals surface area contributed by atoms with Crippen LogP contribution >= 0.6 is 22.9 Å². The molecule has 1 aliphatic heterocycles. The second-order valence-corrected chi connectivity index (χ2v) is 8.13. The average molecular weight is 407 g/mol. The Kier molecular flexibility index (Phi) is 6.82. The Morgan fingerprint density at radius 3 is 2.67 bits per heavy atom. The summed E-state index contributed by atoms with van der Waals surface area (Å²) < 4.78 is 0. The lowest BCUT2D eigenvalue weighted by molar-refractivity contribution is -0.115. The quantitative estimate of drug-likeness (QED) is 0.771. The van der Waals surface area contributed by atoms with Crippen LogP contribution in [-0.2, 0) is 11.3 Å². The number of nitrogens with one attached hydrogen (secondary N) is 2. The van der Waals surface area contributed by atoms with Crippen LogP contribution in [0.4, 0.5) is 5.13 Å². The number of hydrogen-bond acceptors (Lipinski definition) is 5. The van der Waals surface area contributed by atoms with Crippen molar-refractivity contribution in [3.05, 3.63) is 45.9 Å². The maximum Gasteiger partial charge on any atom is 0.251 e. The molecule has 0 unspecified atom stereocenters. The number of nitrogens with zero attached hydrogens (tertiary/aromatic N) is 2. The zero-order chi connectivity index (χ0) is 19.2. The van der Waals surface area contributed by atoms with E-state index in [0.717, 1.165) is 31.2 Å². The molecule has 0 spiro atoms. The first-order valence-electron chi connectivity index (χ1n) is 9.00. The van der Waals surface area contributed by atoms with Gasteiger partial charge in [0.25, 0.3) is 5.91 Å². The molecule has 2 amide bonds. The van der Waals surface area contributed by atoms with Crippen LogP contribution in [0.2, 0.25) is 5.02 Å². The summed E-state index contributed by atoms with van der Waals surface area (Å²) in [5.74, 6) is 0.181. The monoisotopic (exact) mass is 406 g/mol. The fourth-order valence-corrected chi connectivity index (χ4v) is 3.76. The molecule has 2 N–H and O–H groups in total. The minimum absolute atomic E-state index is 0.111. The minimum atomic E-state index is -0.319. The second kappa shape index (κ2) is 9.30. The van der Waals surface area contributed by atoms with E-state index in [0.29, 0.717) is 15.7 Å². The van der Waals surface area contributed by atoms with E-state index in [1.54, 1.807) is 24.3 Å². The first-order chi connectivity index (χ1) is 13.0. The predicted octanol–water partition coefficient (Wildman–Crippen LogP) is 3.40. The van der Waals surface area contributed by atoms with Crippen LogP contribution in [0, 0.1) is 5.92 Å². The fourth-order valence-electron chi connectivity index (χ4n) is 2.91. The van der Waals surface area contributed by atoms with Gasteiger partial charge < -0.3 is 10.6 Å². The number of thiazole rings is 1. The topological polar surface area (TPSA) is 74.3 Å². The highest BCUT2D eigenvalue weighted by atomic mass is 35.5. The molecule has 0 radical (unpaired) electrons. The molecule has 8 heteroatoms. The van der Waals surface area contributed by atoms with E-state index in [9.17, 15) is 9.59 Å². The summed E-state index contributed by atoms with van der Waals surface area (Å²) >= 11 is 7.20. The number of piperidine rings is 1. The molecule has 0 aliphatic carbocycles. The molecule has 3 rings (SSSR count). The molecule has 1 fully saturated rings. The molecule has 0 saturated carbocycles. The van der Waals surface area contributed by atoms with Crippen LogP contribution in [0.1, 0.15) is 35.8 Å². The van der Waals surface area contributed by atoms with Crippen LogP contribution in [0.3, 0.4) is 0 Å². The Morgan fingerprint density at radius 2 is 1.96 bits per heavy atom. The lowest BCUT2D eigenvalue weighted by atomic mass is 9.99. The van der Waals surface area contributed by atoms with Gasteiger partial charge in [0, 0.05) is 22.5 Å². The van der Waals surface area contributed by atoms with Crippen LogP contribution in [0.15, 0.2) is 29.6 Å². The number of benzene rings is 1. The molecule has 0 bridgehead atoms. The van der Waals surface area contributed by atoms with Gasteiger partial charge in [-0.05, 0) is 56.1 Å². The first-order valence-corrected chi connectivity index (χ1v) is 10.3. The van der Waals surface area contributed by atoms with Gasteiger partial charge in [-0.1, -0.05) is 18.5 Å². The number of likely N-dealkylation sites (tertiary alicyclic amines) is 1. The van der Waals surface area contributed by atoms with Gasteiger partial charge in [0.15, 0.2) is 5.13 Å². The van der Waals surface area contributed by atoms with Gasteiger partial charge in [0.1, 0.15) is 0 Å². The Bertz CT molecular complexity index is 785. The van der Waals surface area contributed by atoms with Crippen LogP contribution in [0.5, 0.6) is 0 Å². The van der Waals surface area contributed by atoms with Crippen molar-refractivity contribution in [2.75, 3.05) is 25.0 Å². The Balaban J connectivity index is 1.43. The number of carbonyl (C=O) groups is 2. The second-order valence-electron chi connectivity index (χ2n) is 6.84. The van der Waals surface area contributed by atoms with Gasteiger partial charge in [-0.15, -0.1) is 11.3 Å². The molecular formula is C19H23ClN4O2S.